The van der Waals surface area contributed by atoms with Crippen molar-refractivity contribution < 1.29 is 23.5 Å². The summed E-state index contributed by atoms with van der Waals surface area (Å²) in [4.78, 5) is 36.4. The maximum Gasteiger partial charge on any atom is 0.256 e. The number of nitrogens with one attached hydrogen (secondary N) is 1. The summed E-state index contributed by atoms with van der Waals surface area (Å²) in [5.41, 5.74) is 0.168. The number of hydrogen-bond donors (Lipinski definition) is 1. The van der Waals surface area contributed by atoms with Crippen molar-refractivity contribution in [1.82, 2.24) is 24.9 Å². The molecule has 6 aliphatic rings. The number of nitrogens with zero attached hydrogens (tertiary/aromatic N) is 4. The lowest BCUT2D eigenvalue weighted by atomic mass is 9.69. The van der Waals surface area contributed by atoms with E-state index in [2.05, 4.69) is 38.8 Å². The van der Waals surface area contributed by atoms with Gasteiger partial charge in [-0.05, 0) is 52.5 Å². The van der Waals surface area contributed by atoms with Crippen LogP contribution in [0.5, 0.6) is 0 Å². The first kappa shape index (κ1) is 29.8. The van der Waals surface area contributed by atoms with Crippen LogP contribution in [0.3, 0.4) is 0 Å². The van der Waals surface area contributed by atoms with Crippen LogP contribution in [0, 0.1) is 5.92 Å². The van der Waals surface area contributed by atoms with Crippen molar-refractivity contribution in [3.63, 3.8) is 0 Å². The zero-order valence-electron chi connectivity index (χ0n) is 24.6. The molecule has 0 aromatic carbocycles. The van der Waals surface area contributed by atoms with Gasteiger partial charge in [-0.1, -0.05) is 0 Å². The zero-order valence-corrected chi connectivity index (χ0v) is 25.3. The number of carbonyl (C=O) groups is 2. The number of halogens is 2. The van der Waals surface area contributed by atoms with Gasteiger partial charge in [0.2, 0.25) is 0 Å². The molecule has 230 valence electrons. The molecule has 4 heterocycles. The summed E-state index contributed by atoms with van der Waals surface area (Å²) in [5, 5.41) is 3.00. The normalized spacial score (nSPS) is 38.8. The summed E-state index contributed by atoms with van der Waals surface area (Å²) in [6.07, 6.45) is 3.37. The molecular formula is C30H47ClFN5O4. The topological polar surface area (TPSA) is 77.6 Å². The Kier molecular flexibility index (Phi) is 9.25. The van der Waals surface area contributed by atoms with Crippen LogP contribution in [0.2, 0.25) is 0 Å². The van der Waals surface area contributed by atoms with Crippen LogP contribution < -0.4 is 5.32 Å². The van der Waals surface area contributed by atoms with E-state index in [9.17, 15) is 9.59 Å². The average molecular weight is 596 g/mol. The predicted octanol–water partition coefficient (Wildman–Crippen LogP) is 1.64. The molecular weight excluding hydrogens is 549 g/mol. The van der Waals surface area contributed by atoms with Gasteiger partial charge in [-0.25, -0.2) is 4.39 Å². The van der Waals surface area contributed by atoms with E-state index in [0.29, 0.717) is 19.0 Å². The molecule has 0 radical (unpaired) electrons. The third kappa shape index (κ3) is 6.07. The van der Waals surface area contributed by atoms with E-state index in [1.54, 1.807) is 6.20 Å². The summed E-state index contributed by atoms with van der Waals surface area (Å²) in [7, 11) is 0. The Morgan fingerprint density at radius 2 is 1.85 bits per heavy atom. The number of piperazine rings is 1. The van der Waals surface area contributed by atoms with Gasteiger partial charge in [0.15, 0.2) is 5.78 Å². The fraction of sp³-hybridized carbons (Fsp3) is 0.867. The average Bonchev–Trinajstić information content (AvgIpc) is 2.97. The third-order valence-electron chi connectivity index (χ3n) is 10.4. The van der Waals surface area contributed by atoms with Crippen LogP contribution in [-0.4, -0.2) is 145 Å². The second-order valence-electron chi connectivity index (χ2n) is 13.0. The number of Topliss-reactive ketones (excluding diaryl/α,β-unsaturated/α-hetero) is 1. The smallest absolute Gasteiger partial charge is 0.256 e. The number of fused-ring (bicyclic) bond motifs is 2. The van der Waals surface area contributed by atoms with Crippen molar-refractivity contribution in [3.8, 4) is 0 Å². The molecule has 2 aliphatic carbocycles. The molecule has 11 heteroatoms. The molecule has 8 unspecified atom stereocenters. The molecule has 41 heavy (non-hydrogen) atoms. The van der Waals surface area contributed by atoms with E-state index in [4.69, 9.17) is 21.1 Å². The Bertz CT molecular complexity index is 988. The molecule has 4 aliphatic heterocycles. The fourth-order valence-electron chi connectivity index (χ4n) is 8.11. The van der Waals surface area contributed by atoms with Crippen LogP contribution in [0.1, 0.15) is 46.0 Å². The lowest BCUT2D eigenvalue weighted by Crippen LogP contribution is -2.74. The molecule has 0 bridgehead atoms. The molecule has 6 rings (SSSR count). The summed E-state index contributed by atoms with van der Waals surface area (Å²) < 4.78 is 28.4. The molecule has 0 aromatic rings. The maximum absolute atomic E-state index is 16.2. The number of ketones is 1. The minimum absolute atomic E-state index is 0.0195. The van der Waals surface area contributed by atoms with E-state index >= 15 is 4.39 Å². The number of amides is 1. The van der Waals surface area contributed by atoms with Crippen molar-refractivity contribution in [2.24, 2.45) is 5.92 Å². The fourth-order valence-corrected chi connectivity index (χ4v) is 8.41. The van der Waals surface area contributed by atoms with Gasteiger partial charge in [0.1, 0.15) is 6.17 Å². The summed E-state index contributed by atoms with van der Waals surface area (Å²) in [5.74, 6) is -1.17. The Morgan fingerprint density at radius 3 is 2.59 bits per heavy atom. The molecule has 1 amide bonds. The quantitative estimate of drug-likeness (QED) is 0.271. The Morgan fingerprint density at radius 1 is 1.10 bits per heavy atom. The molecule has 5 fully saturated rings. The van der Waals surface area contributed by atoms with Crippen LogP contribution >= 0.6 is 11.6 Å². The van der Waals surface area contributed by atoms with E-state index in [-0.39, 0.29) is 47.2 Å². The molecule has 9 nitrogen and oxygen atoms in total. The lowest BCUT2D eigenvalue weighted by Gasteiger charge is -2.61. The minimum Gasteiger partial charge on any atom is -0.379 e. The highest BCUT2D eigenvalue weighted by Crippen LogP contribution is 2.47. The highest BCUT2D eigenvalue weighted by Gasteiger charge is 2.60. The van der Waals surface area contributed by atoms with Gasteiger partial charge < -0.3 is 19.7 Å². The molecule has 8 atom stereocenters. The Hall–Kier alpha value is -1.30. The van der Waals surface area contributed by atoms with E-state index < -0.39 is 24.2 Å². The van der Waals surface area contributed by atoms with E-state index in [0.717, 1.165) is 78.3 Å². The second-order valence-corrected chi connectivity index (χ2v) is 13.7. The van der Waals surface area contributed by atoms with E-state index in [1.165, 1.54) is 0 Å². The molecule has 0 spiro atoms. The maximum atomic E-state index is 16.2. The van der Waals surface area contributed by atoms with Gasteiger partial charge in [0, 0.05) is 69.4 Å². The van der Waals surface area contributed by atoms with Crippen molar-refractivity contribution in [2.45, 2.75) is 93.9 Å². The van der Waals surface area contributed by atoms with Crippen LogP contribution in [-0.2, 0) is 19.1 Å². The van der Waals surface area contributed by atoms with Crippen molar-refractivity contribution >= 4 is 23.3 Å². The summed E-state index contributed by atoms with van der Waals surface area (Å²) in [6, 6.07) is -0.153. The van der Waals surface area contributed by atoms with Gasteiger partial charge in [-0.3, -0.25) is 24.3 Å². The first-order valence-corrected chi connectivity index (χ1v) is 16.3. The predicted molar refractivity (Wildman–Crippen MR) is 155 cm³/mol. The number of morpholine rings is 2. The molecule has 1 N–H and O–H groups in total. The third-order valence-corrected chi connectivity index (χ3v) is 10.7. The number of ether oxygens (including phenoxy) is 2. The summed E-state index contributed by atoms with van der Waals surface area (Å²) in [6.45, 7) is 12.4. The highest BCUT2D eigenvalue weighted by molar-refractivity contribution is 6.21. The van der Waals surface area contributed by atoms with Crippen molar-refractivity contribution in [1.29, 1.82) is 0 Å². The first-order valence-electron chi connectivity index (χ1n) is 15.8. The lowest BCUT2D eigenvalue weighted by molar-refractivity contribution is -0.212. The van der Waals surface area contributed by atoms with E-state index in [1.807, 2.05) is 0 Å². The molecule has 3 saturated heterocycles. The van der Waals surface area contributed by atoms with Gasteiger partial charge in [-0.2, -0.15) is 0 Å². The van der Waals surface area contributed by atoms with Crippen LogP contribution in [0.15, 0.2) is 11.8 Å². The largest absolute Gasteiger partial charge is 0.379 e. The standard InChI is InChI=1S/C30H47ClFN5O4/c1-19(2)35-8-10-36(11-9-35)27-23(32)17-21-26-29(27)41-25-16-20(31)4-5-24(25)37(26)18-22(28(21)38)30(39)33-6-3-7-34-12-14-40-15-13-34/h18-21,23-27,29H,3-17H2,1-2H3,(H,33,39). The number of rotatable bonds is 7. The minimum atomic E-state index is -1.19. The highest BCUT2D eigenvalue weighted by atomic mass is 35.5. The Labute approximate surface area is 248 Å². The molecule has 0 aromatic heterocycles. The molecule has 2 saturated carbocycles. The van der Waals surface area contributed by atoms with Crippen molar-refractivity contribution in [3.05, 3.63) is 11.8 Å². The van der Waals surface area contributed by atoms with Gasteiger partial charge in [-0.15, -0.1) is 11.6 Å². The van der Waals surface area contributed by atoms with Crippen LogP contribution in [0.25, 0.3) is 0 Å². The monoisotopic (exact) mass is 595 g/mol. The van der Waals surface area contributed by atoms with Crippen molar-refractivity contribution in [2.75, 3.05) is 65.6 Å². The first-order chi connectivity index (χ1) is 19.8. The SMILES string of the molecule is CC(C)N1CCN(C2C(F)CC3C(=O)C(C(=O)NCCCN4CCOCC4)=CN4C5CCC(Cl)CC5OC2C34)CC1. The number of carbonyl (C=O) groups excluding carboxylic acids is 2. The van der Waals surface area contributed by atoms with Gasteiger partial charge in [0.25, 0.3) is 5.91 Å². The second kappa shape index (κ2) is 12.7. The van der Waals surface area contributed by atoms with Gasteiger partial charge in [0.05, 0.1) is 49.1 Å². The number of hydrogen-bond acceptors (Lipinski definition) is 8. The Balaban J connectivity index is 1.20. The van der Waals surface area contributed by atoms with Crippen LogP contribution in [0.4, 0.5) is 4.39 Å². The van der Waals surface area contributed by atoms with Gasteiger partial charge >= 0.3 is 0 Å². The summed E-state index contributed by atoms with van der Waals surface area (Å²) >= 11 is 6.60. The zero-order chi connectivity index (χ0) is 28.7. The number of alkyl halides is 2.